The fraction of sp³-hybridized carbons (Fsp3) is 0.200. The number of anilines is 1. The number of ether oxygens (including phenoxy) is 2. The molecule has 9 heteroatoms. The largest absolute Gasteiger partial charge is 0.486 e. The smallest absolute Gasteiger partial charge is 0.288 e. The second kappa shape index (κ2) is 8.52. The summed E-state index contributed by atoms with van der Waals surface area (Å²) >= 11 is 0.341. The second-order valence-electron chi connectivity index (χ2n) is 6.28. The monoisotopic (exact) mass is 417 g/mol. The first-order chi connectivity index (χ1) is 14.1. The van der Waals surface area contributed by atoms with Crippen LogP contribution < -0.4 is 14.8 Å². The lowest BCUT2D eigenvalue weighted by atomic mass is 10.2. The predicted octanol–water partition coefficient (Wildman–Crippen LogP) is 4.29. The number of halogens is 2. The van der Waals surface area contributed by atoms with E-state index in [1.807, 2.05) is 24.3 Å². The van der Waals surface area contributed by atoms with Crippen molar-refractivity contribution in [3.63, 3.8) is 0 Å². The molecule has 29 heavy (non-hydrogen) atoms. The number of rotatable bonds is 6. The van der Waals surface area contributed by atoms with Crippen molar-refractivity contribution in [3.05, 3.63) is 66.5 Å². The molecule has 1 amide bonds. The molecule has 150 valence electrons. The van der Waals surface area contributed by atoms with Gasteiger partial charge in [0.15, 0.2) is 17.6 Å². The van der Waals surface area contributed by atoms with Crippen LogP contribution in [0, 0.1) is 0 Å². The molecule has 4 rings (SSSR count). The lowest BCUT2D eigenvalue weighted by Crippen LogP contribution is -2.33. The third kappa shape index (κ3) is 4.68. The number of aromatic nitrogens is 2. The minimum atomic E-state index is -2.60. The number of nitrogens with zero attached hydrogens (tertiary/aromatic N) is 2. The van der Waals surface area contributed by atoms with Crippen LogP contribution in [-0.2, 0) is 6.54 Å². The highest BCUT2D eigenvalue weighted by Crippen LogP contribution is 2.31. The average molecular weight is 417 g/mol. The average Bonchev–Trinajstić information content (AvgIpc) is 3.14. The maximum absolute atomic E-state index is 12.7. The topological polar surface area (TPSA) is 65.4 Å². The first-order valence-electron chi connectivity index (χ1n) is 8.84. The van der Waals surface area contributed by atoms with Crippen LogP contribution in [0.5, 0.6) is 11.5 Å². The summed E-state index contributed by atoms with van der Waals surface area (Å²) in [6.07, 6.45) is 2.93. The molecular weight excluding hydrogens is 400 g/mol. The van der Waals surface area contributed by atoms with E-state index < -0.39 is 11.7 Å². The van der Waals surface area contributed by atoms with Gasteiger partial charge in [0.25, 0.3) is 11.7 Å². The molecule has 0 saturated carbocycles. The lowest BCUT2D eigenvalue weighted by Gasteiger charge is -2.26. The SMILES string of the molecule is O=C(Nc1cnn(CC2COc3ccccc3O2)c1)c1ccccc1SC(F)F. The second-order valence-corrected chi connectivity index (χ2v) is 7.31. The van der Waals surface area contributed by atoms with Crippen LogP contribution in [0.4, 0.5) is 14.5 Å². The van der Waals surface area contributed by atoms with Gasteiger partial charge in [-0.1, -0.05) is 36.0 Å². The van der Waals surface area contributed by atoms with E-state index in [0.717, 1.165) is 0 Å². The van der Waals surface area contributed by atoms with Crippen molar-refractivity contribution in [2.75, 3.05) is 11.9 Å². The van der Waals surface area contributed by atoms with Crippen molar-refractivity contribution in [1.29, 1.82) is 0 Å². The zero-order chi connectivity index (χ0) is 20.2. The molecule has 1 atom stereocenters. The van der Waals surface area contributed by atoms with Gasteiger partial charge in [0.05, 0.1) is 24.0 Å². The van der Waals surface area contributed by atoms with Crippen molar-refractivity contribution in [2.24, 2.45) is 0 Å². The van der Waals surface area contributed by atoms with Gasteiger partial charge in [-0.15, -0.1) is 0 Å². The Kier molecular flexibility index (Phi) is 5.66. The predicted molar refractivity (Wildman–Crippen MR) is 105 cm³/mol. The number of amides is 1. The summed E-state index contributed by atoms with van der Waals surface area (Å²) < 4.78 is 38.6. The number of nitrogens with one attached hydrogen (secondary N) is 1. The quantitative estimate of drug-likeness (QED) is 0.606. The molecule has 0 saturated heterocycles. The fourth-order valence-electron chi connectivity index (χ4n) is 2.94. The maximum atomic E-state index is 12.7. The Balaban J connectivity index is 1.39. The number of fused-ring (bicyclic) bond motifs is 1. The number of hydrogen-bond acceptors (Lipinski definition) is 5. The number of alkyl halides is 2. The summed E-state index contributed by atoms with van der Waals surface area (Å²) in [6, 6.07) is 13.7. The van der Waals surface area contributed by atoms with E-state index >= 15 is 0 Å². The lowest BCUT2D eigenvalue weighted by molar-refractivity contribution is 0.0759. The van der Waals surface area contributed by atoms with E-state index in [4.69, 9.17) is 9.47 Å². The van der Waals surface area contributed by atoms with Gasteiger partial charge in [-0.3, -0.25) is 9.48 Å². The maximum Gasteiger partial charge on any atom is 0.288 e. The van der Waals surface area contributed by atoms with E-state index in [1.54, 1.807) is 23.0 Å². The number of carbonyl (C=O) groups excluding carboxylic acids is 1. The number of thioether (sulfide) groups is 1. The first-order valence-corrected chi connectivity index (χ1v) is 9.72. The van der Waals surface area contributed by atoms with Crippen LogP contribution >= 0.6 is 11.8 Å². The van der Waals surface area contributed by atoms with Gasteiger partial charge in [-0.05, 0) is 24.3 Å². The van der Waals surface area contributed by atoms with Crippen molar-refractivity contribution in [3.8, 4) is 11.5 Å². The number of benzene rings is 2. The summed E-state index contributed by atoms with van der Waals surface area (Å²) in [4.78, 5) is 12.7. The van der Waals surface area contributed by atoms with E-state index in [-0.39, 0.29) is 16.6 Å². The molecule has 1 aliphatic rings. The van der Waals surface area contributed by atoms with Gasteiger partial charge in [0, 0.05) is 11.1 Å². The highest BCUT2D eigenvalue weighted by Gasteiger charge is 2.21. The number of para-hydroxylation sites is 2. The third-order valence-electron chi connectivity index (χ3n) is 4.20. The molecule has 0 spiro atoms. The fourth-order valence-corrected chi connectivity index (χ4v) is 3.58. The minimum Gasteiger partial charge on any atom is -0.486 e. The van der Waals surface area contributed by atoms with Gasteiger partial charge in [-0.2, -0.15) is 13.9 Å². The van der Waals surface area contributed by atoms with E-state index in [9.17, 15) is 13.6 Å². The summed E-state index contributed by atoms with van der Waals surface area (Å²) in [5.74, 6) is -1.69. The zero-order valence-corrected chi connectivity index (χ0v) is 15.9. The van der Waals surface area contributed by atoms with Gasteiger partial charge in [0.2, 0.25) is 0 Å². The van der Waals surface area contributed by atoms with Crippen molar-refractivity contribution >= 4 is 23.4 Å². The number of carbonyl (C=O) groups is 1. The van der Waals surface area contributed by atoms with Crippen LogP contribution in [0.1, 0.15) is 10.4 Å². The third-order valence-corrected chi connectivity index (χ3v) is 4.99. The molecule has 2 heterocycles. The molecule has 6 nitrogen and oxygen atoms in total. The Morgan fingerprint density at radius 1 is 1.21 bits per heavy atom. The van der Waals surface area contributed by atoms with Gasteiger partial charge < -0.3 is 14.8 Å². The van der Waals surface area contributed by atoms with Crippen molar-refractivity contribution < 1.29 is 23.0 Å². The van der Waals surface area contributed by atoms with E-state index in [1.165, 1.54) is 18.3 Å². The summed E-state index contributed by atoms with van der Waals surface area (Å²) in [5, 5.41) is 6.92. The van der Waals surface area contributed by atoms with Gasteiger partial charge in [-0.25, -0.2) is 0 Å². The van der Waals surface area contributed by atoms with Crippen LogP contribution in [-0.4, -0.2) is 34.2 Å². The minimum absolute atomic E-state index is 0.186. The van der Waals surface area contributed by atoms with E-state index in [2.05, 4.69) is 10.4 Å². The van der Waals surface area contributed by atoms with Crippen molar-refractivity contribution in [1.82, 2.24) is 9.78 Å². The molecule has 0 aliphatic carbocycles. The highest BCUT2D eigenvalue weighted by molar-refractivity contribution is 7.99. The molecule has 0 fully saturated rings. The van der Waals surface area contributed by atoms with Crippen LogP contribution in [0.25, 0.3) is 0 Å². The molecular formula is C20H17F2N3O3S. The molecule has 3 aromatic rings. The van der Waals surface area contributed by atoms with Gasteiger partial charge in [0.1, 0.15) is 6.61 Å². The highest BCUT2D eigenvalue weighted by atomic mass is 32.2. The molecule has 1 aromatic heterocycles. The molecule has 0 bridgehead atoms. The Hall–Kier alpha value is -3.07. The van der Waals surface area contributed by atoms with Crippen LogP contribution in [0.15, 0.2) is 65.8 Å². The Morgan fingerprint density at radius 3 is 2.79 bits per heavy atom. The van der Waals surface area contributed by atoms with E-state index in [0.29, 0.717) is 42.1 Å². The standard InChI is InChI=1S/C20H17F2N3O3S/c21-20(22)29-18-8-4-1-5-15(18)19(26)24-13-9-23-25(10-13)11-14-12-27-16-6-2-3-7-17(16)28-14/h1-10,14,20H,11-12H2,(H,24,26). The summed E-state index contributed by atoms with van der Waals surface area (Å²) in [5.41, 5.74) is 0.648. The molecule has 1 aliphatic heterocycles. The molecule has 0 radical (unpaired) electrons. The summed E-state index contributed by atoms with van der Waals surface area (Å²) in [7, 11) is 0. The Morgan fingerprint density at radius 2 is 1.97 bits per heavy atom. The summed E-state index contributed by atoms with van der Waals surface area (Å²) in [6.45, 7) is 0.818. The molecule has 1 unspecified atom stereocenters. The molecule has 2 aromatic carbocycles. The Labute approximate surface area is 169 Å². The first kappa shape index (κ1) is 19.3. The van der Waals surface area contributed by atoms with Crippen LogP contribution in [0.2, 0.25) is 0 Å². The Bertz CT molecular complexity index is 1010. The normalized spacial score (nSPS) is 15.3. The van der Waals surface area contributed by atoms with Crippen LogP contribution in [0.3, 0.4) is 0 Å². The van der Waals surface area contributed by atoms with Gasteiger partial charge >= 0.3 is 0 Å². The number of hydrogen-bond donors (Lipinski definition) is 1. The zero-order valence-electron chi connectivity index (χ0n) is 15.1. The van der Waals surface area contributed by atoms with Crippen molar-refractivity contribution in [2.45, 2.75) is 23.3 Å². The molecule has 1 N–H and O–H groups in total.